The van der Waals surface area contributed by atoms with Gasteiger partial charge in [0.2, 0.25) is 0 Å². The van der Waals surface area contributed by atoms with Gasteiger partial charge in [0, 0.05) is 65.7 Å². The molecule has 4 aromatic carbocycles. The Hall–Kier alpha value is -3.61. The standard InChI is InChI=1S/C33H33FN2O3/c34-26-5-3-4-25(22-26)33(24-8-10-27(11-9-24)35-14-18-37-19-15-35)13-12-30-28-6-1-2-7-29(28)31(23-32(30)39-33)36-16-20-38-21-17-36/h1-11,22-23H,12-21H2. The lowest BCUT2D eigenvalue weighted by molar-refractivity contribution is 0.0852. The van der Waals surface area contributed by atoms with Crippen LogP contribution in [0.2, 0.25) is 0 Å². The van der Waals surface area contributed by atoms with Gasteiger partial charge in [-0.15, -0.1) is 0 Å². The zero-order valence-electron chi connectivity index (χ0n) is 22.1. The van der Waals surface area contributed by atoms with Crippen molar-refractivity contribution in [3.8, 4) is 5.75 Å². The molecule has 0 saturated carbocycles. The quantitative estimate of drug-likeness (QED) is 0.331. The molecule has 0 amide bonds. The molecular weight excluding hydrogens is 491 g/mol. The summed E-state index contributed by atoms with van der Waals surface area (Å²) in [5.41, 5.74) is 4.66. The zero-order valence-corrected chi connectivity index (χ0v) is 22.1. The summed E-state index contributed by atoms with van der Waals surface area (Å²) in [7, 11) is 0. The first kappa shape index (κ1) is 24.4. The third kappa shape index (κ3) is 4.42. The van der Waals surface area contributed by atoms with Crippen LogP contribution in [0.1, 0.15) is 23.1 Å². The molecule has 3 aliphatic heterocycles. The van der Waals surface area contributed by atoms with E-state index >= 15 is 0 Å². The van der Waals surface area contributed by atoms with Gasteiger partial charge in [-0.25, -0.2) is 4.39 Å². The van der Waals surface area contributed by atoms with Crippen molar-refractivity contribution in [2.24, 2.45) is 0 Å². The van der Waals surface area contributed by atoms with Gasteiger partial charge >= 0.3 is 0 Å². The maximum atomic E-state index is 14.6. The second-order valence-electron chi connectivity index (χ2n) is 10.6. The Morgan fingerprint density at radius 2 is 1.36 bits per heavy atom. The van der Waals surface area contributed by atoms with Gasteiger partial charge in [0.15, 0.2) is 5.60 Å². The molecule has 0 aliphatic carbocycles. The van der Waals surface area contributed by atoms with Crippen molar-refractivity contribution in [2.45, 2.75) is 18.4 Å². The Balaban J connectivity index is 1.34. The van der Waals surface area contributed by atoms with Gasteiger partial charge in [0.05, 0.1) is 26.4 Å². The SMILES string of the molecule is Fc1cccc(C2(c3ccc(N4CCOCC4)cc3)CCc3c(cc(N4CCOCC4)c4ccccc34)O2)c1. The molecule has 0 radical (unpaired) electrons. The molecule has 1 atom stereocenters. The molecule has 0 aromatic heterocycles. The summed E-state index contributed by atoms with van der Waals surface area (Å²) in [4.78, 5) is 4.74. The number of hydrogen-bond acceptors (Lipinski definition) is 5. The molecule has 0 spiro atoms. The van der Waals surface area contributed by atoms with Crippen molar-refractivity contribution >= 4 is 22.1 Å². The van der Waals surface area contributed by atoms with Gasteiger partial charge in [-0.3, -0.25) is 0 Å². The third-order valence-corrected chi connectivity index (χ3v) is 8.46. The van der Waals surface area contributed by atoms with Crippen LogP contribution in [0.15, 0.2) is 78.9 Å². The Kier molecular flexibility index (Phi) is 6.37. The number of nitrogens with zero attached hydrogens (tertiary/aromatic N) is 2. The second kappa shape index (κ2) is 10.2. The van der Waals surface area contributed by atoms with E-state index in [0.717, 1.165) is 82.3 Å². The lowest BCUT2D eigenvalue weighted by Gasteiger charge is -2.41. The van der Waals surface area contributed by atoms with Crippen molar-refractivity contribution in [3.63, 3.8) is 0 Å². The summed E-state index contributed by atoms with van der Waals surface area (Å²) in [5.74, 6) is 0.627. The fourth-order valence-corrected chi connectivity index (χ4v) is 6.42. The largest absolute Gasteiger partial charge is 0.477 e. The van der Waals surface area contributed by atoms with Crippen LogP contribution in [0.3, 0.4) is 0 Å². The molecule has 200 valence electrons. The summed E-state index contributed by atoms with van der Waals surface area (Å²) in [5, 5.41) is 2.47. The first-order chi connectivity index (χ1) is 19.2. The molecule has 4 aromatic rings. The van der Waals surface area contributed by atoms with Gasteiger partial charge in [0.1, 0.15) is 11.6 Å². The van der Waals surface area contributed by atoms with E-state index in [1.54, 1.807) is 12.1 Å². The minimum absolute atomic E-state index is 0.251. The van der Waals surface area contributed by atoms with E-state index in [1.165, 1.54) is 33.8 Å². The van der Waals surface area contributed by atoms with Crippen molar-refractivity contribution in [1.82, 2.24) is 0 Å². The highest BCUT2D eigenvalue weighted by Gasteiger charge is 2.41. The van der Waals surface area contributed by atoms with Crippen LogP contribution in [0.4, 0.5) is 15.8 Å². The van der Waals surface area contributed by atoms with E-state index in [9.17, 15) is 4.39 Å². The van der Waals surface area contributed by atoms with Crippen LogP contribution in [-0.2, 0) is 21.5 Å². The van der Waals surface area contributed by atoms with Crippen LogP contribution in [0.5, 0.6) is 5.75 Å². The normalized spacial score (nSPS) is 21.5. The molecular formula is C33H33FN2O3. The summed E-state index contributed by atoms with van der Waals surface area (Å²) in [6, 6.07) is 26.4. The molecule has 3 aliphatic rings. The van der Waals surface area contributed by atoms with Crippen LogP contribution < -0.4 is 14.5 Å². The monoisotopic (exact) mass is 524 g/mol. The second-order valence-corrected chi connectivity index (χ2v) is 10.6. The van der Waals surface area contributed by atoms with Crippen molar-refractivity contribution in [3.05, 3.63) is 101 Å². The molecule has 6 heteroatoms. The fraction of sp³-hybridized carbons (Fsp3) is 0.333. The molecule has 0 N–H and O–H groups in total. The molecule has 2 fully saturated rings. The smallest absolute Gasteiger partial charge is 0.159 e. The first-order valence-electron chi connectivity index (χ1n) is 14.0. The van der Waals surface area contributed by atoms with Crippen LogP contribution in [0.25, 0.3) is 10.8 Å². The first-order valence-corrected chi connectivity index (χ1v) is 14.0. The van der Waals surface area contributed by atoms with Gasteiger partial charge in [-0.1, -0.05) is 48.5 Å². The summed E-state index contributed by atoms with van der Waals surface area (Å²) >= 11 is 0. The van der Waals surface area contributed by atoms with Gasteiger partial charge in [-0.05, 0) is 42.5 Å². The number of fused-ring (bicyclic) bond motifs is 3. The van der Waals surface area contributed by atoms with E-state index in [4.69, 9.17) is 14.2 Å². The summed E-state index contributed by atoms with van der Waals surface area (Å²) in [6.07, 6.45) is 1.56. The number of hydrogen-bond donors (Lipinski definition) is 0. The van der Waals surface area contributed by atoms with E-state index < -0.39 is 5.60 Å². The number of halogens is 1. The van der Waals surface area contributed by atoms with Crippen LogP contribution in [-0.4, -0.2) is 52.6 Å². The average Bonchev–Trinajstić information content (AvgIpc) is 3.01. The number of ether oxygens (including phenoxy) is 3. The Morgan fingerprint density at radius 3 is 2.08 bits per heavy atom. The van der Waals surface area contributed by atoms with Crippen LogP contribution >= 0.6 is 0 Å². The van der Waals surface area contributed by atoms with Crippen molar-refractivity contribution in [2.75, 3.05) is 62.4 Å². The van der Waals surface area contributed by atoms with Gasteiger partial charge in [-0.2, -0.15) is 0 Å². The average molecular weight is 525 g/mol. The number of morpholine rings is 2. The van der Waals surface area contributed by atoms with Crippen LogP contribution in [0, 0.1) is 5.82 Å². The fourth-order valence-electron chi connectivity index (χ4n) is 6.42. The van der Waals surface area contributed by atoms with E-state index in [-0.39, 0.29) is 5.82 Å². The lowest BCUT2D eigenvalue weighted by Crippen LogP contribution is -2.39. The number of rotatable bonds is 4. The molecule has 1 unspecified atom stereocenters. The number of aryl methyl sites for hydroxylation is 1. The molecule has 5 nitrogen and oxygen atoms in total. The zero-order chi connectivity index (χ0) is 26.2. The Morgan fingerprint density at radius 1 is 0.667 bits per heavy atom. The van der Waals surface area contributed by atoms with Crippen molar-refractivity contribution in [1.29, 1.82) is 0 Å². The maximum Gasteiger partial charge on any atom is 0.159 e. The summed E-state index contributed by atoms with van der Waals surface area (Å²) in [6.45, 7) is 6.39. The molecule has 2 saturated heterocycles. The Labute approximate surface area is 228 Å². The van der Waals surface area contributed by atoms with E-state index in [2.05, 4.69) is 64.4 Å². The number of anilines is 2. The molecule has 7 rings (SSSR count). The van der Waals surface area contributed by atoms with E-state index in [0.29, 0.717) is 0 Å². The minimum atomic E-state index is -0.788. The van der Waals surface area contributed by atoms with E-state index in [1.807, 2.05) is 6.07 Å². The third-order valence-electron chi connectivity index (χ3n) is 8.46. The molecule has 39 heavy (non-hydrogen) atoms. The predicted octanol–water partition coefficient (Wildman–Crippen LogP) is 5.92. The molecule has 3 heterocycles. The van der Waals surface area contributed by atoms with Gasteiger partial charge < -0.3 is 24.0 Å². The van der Waals surface area contributed by atoms with Crippen molar-refractivity contribution < 1.29 is 18.6 Å². The highest BCUT2D eigenvalue weighted by molar-refractivity contribution is 5.98. The highest BCUT2D eigenvalue weighted by Crippen LogP contribution is 2.48. The maximum absolute atomic E-state index is 14.6. The lowest BCUT2D eigenvalue weighted by atomic mass is 9.78. The van der Waals surface area contributed by atoms with Gasteiger partial charge in [0.25, 0.3) is 0 Å². The Bertz CT molecular complexity index is 1480. The minimum Gasteiger partial charge on any atom is -0.477 e. The summed E-state index contributed by atoms with van der Waals surface area (Å²) < 4.78 is 32.9. The highest BCUT2D eigenvalue weighted by atomic mass is 19.1. The predicted molar refractivity (Wildman–Crippen MR) is 153 cm³/mol. The number of benzene rings is 4. The topological polar surface area (TPSA) is 34.2 Å². The molecule has 0 bridgehead atoms.